The molecule has 1 aliphatic carbocycles. The van der Waals surface area contributed by atoms with Crippen molar-refractivity contribution in [2.45, 2.75) is 62.1 Å². The minimum absolute atomic E-state index is 0.148. The molecule has 3 rings (SSSR count). The Kier molecular flexibility index (Phi) is 6.86. The molecule has 3 N–H and O–H groups in total. The van der Waals surface area contributed by atoms with Gasteiger partial charge in [-0.05, 0) is 43.4 Å². The molecule has 0 aromatic heterocycles. The molecule has 1 saturated carbocycles. The SMILES string of the molecule is C#C[C@H](CC(N)=O)NC(=O)[C@@H]1CCCN1C(=O)C1(c2ccc(OC(F)(F)F)cc2)CC(F)C1. The summed E-state index contributed by atoms with van der Waals surface area (Å²) in [6.07, 6.45) is -0.479. The van der Waals surface area contributed by atoms with E-state index in [1.165, 1.54) is 17.0 Å². The number of nitrogens with zero attached hydrogens (tertiary/aromatic N) is 1. The van der Waals surface area contributed by atoms with Gasteiger partial charge in [-0.2, -0.15) is 0 Å². The monoisotopic (exact) mass is 469 g/mol. The number of rotatable bonds is 7. The molecular formula is C22H23F4N3O4. The molecule has 7 nitrogen and oxygen atoms in total. The van der Waals surface area contributed by atoms with Gasteiger partial charge in [0.2, 0.25) is 17.7 Å². The van der Waals surface area contributed by atoms with E-state index in [-0.39, 0.29) is 25.8 Å². The first-order chi connectivity index (χ1) is 15.4. The van der Waals surface area contributed by atoms with Gasteiger partial charge in [0.1, 0.15) is 18.0 Å². The Morgan fingerprint density at radius 1 is 1.27 bits per heavy atom. The van der Waals surface area contributed by atoms with Crippen molar-refractivity contribution in [3.63, 3.8) is 0 Å². The van der Waals surface area contributed by atoms with Crippen molar-refractivity contribution < 1.29 is 36.7 Å². The number of alkyl halides is 4. The van der Waals surface area contributed by atoms with E-state index < -0.39 is 53.5 Å². The minimum Gasteiger partial charge on any atom is -0.406 e. The Hall–Kier alpha value is -3.29. The summed E-state index contributed by atoms with van der Waals surface area (Å²) in [5, 5.41) is 2.52. The van der Waals surface area contributed by atoms with Crippen molar-refractivity contribution in [2.24, 2.45) is 5.73 Å². The van der Waals surface area contributed by atoms with Crippen molar-refractivity contribution in [3.8, 4) is 18.1 Å². The lowest BCUT2D eigenvalue weighted by molar-refractivity contribution is -0.274. The van der Waals surface area contributed by atoms with Crippen LogP contribution in [0, 0.1) is 12.3 Å². The Bertz CT molecular complexity index is 952. The largest absolute Gasteiger partial charge is 0.573 e. The Labute approximate surface area is 187 Å². The Morgan fingerprint density at radius 3 is 2.42 bits per heavy atom. The number of carbonyl (C=O) groups is 3. The number of primary amides is 1. The van der Waals surface area contributed by atoms with E-state index in [0.29, 0.717) is 18.4 Å². The molecule has 1 heterocycles. The fraction of sp³-hybridized carbons (Fsp3) is 0.500. The summed E-state index contributed by atoms with van der Waals surface area (Å²) in [6.45, 7) is 0.251. The zero-order chi connectivity index (χ0) is 24.4. The van der Waals surface area contributed by atoms with Gasteiger partial charge in [0.05, 0.1) is 17.9 Å². The van der Waals surface area contributed by atoms with Gasteiger partial charge in [0.25, 0.3) is 0 Å². The Morgan fingerprint density at radius 2 is 1.91 bits per heavy atom. The molecule has 2 aliphatic rings. The van der Waals surface area contributed by atoms with Crippen molar-refractivity contribution >= 4 is 17.7 Å². The van der Waals surface area contributed by atoms with Crippen LogP contribution in [-0.4, -0.2) is 53.8 Å². The van der Waals surface area contributed by atoms with Gasteiger partial charge in [-0.25, -0.2) is 4.39 Å². The second-order valence-corrected chi connectivity index (χ2v) is 8.21. The zero-order valence-electron chi connectivity index (χ0n) is 17.5. The van der Waals surface area contributed by atoms with Gasteiger partial charge in [-0.15, -0.1) is 19.6 Å². The number of likely N-dealkylation sites (tertiary alicyclic amines) is 1. The van der Waals surface area contributed by atoms with Crippen LogP contribution in [0.2, 0.25) is 0 Å². The van der Waals surface area contributed by atoms with Crippen LogP contribution in [0.15, 0.2) is 24.3 Å². The van der Waals surface area contributed by atoms with E-state index in [0.717, 1.165) is 12.1 Å². The van der Waals surface area contributed by atoms with Crippen LogP contribution in [0.1, 0.15) is 37.7 Å². The van der Waals surface area contributed by atoms with Gasteiger partial charge in [0.15, 0.2) is 0 Å². The molecule has 0 spiro atoms. The van der Waals surface area contributed by atoms with E-state index in [1.807, 2.05) is 0 Å². The molecule has 0 radical (unpaired) electrons. The quantitative estimate of drug-likeness (QED) is 0.471. The third kappa shape index (κ3) is 5.38. The number of amides is 3. The number of carbonyl (C=O) groups excluding carboxylic acids is 3. The van der Waals surface area contributed by atoms with Crippen LogP contribution in [-0.2, 0) is 19.8 Å². The summed E-state index contributed by atoms with van der Waals surface area (Å²) >= 11 is 0. The fourth-order valence-corrected chi connectivity index (χ4v) is 4.38. The summed E-state index contributed by atoms with van der Waals surface area (Å²) in [4.78, 5) is 38.7. The number of nitrogens with two attached hydrogens (primary N) is 1. The number of benzene rings is 1. The highest BCUT2D eigenvalue weighted by molar-refractivity contribution is 5.95. The molecular weight excluding hydrogens is 446 g/mol. The topological polar surface area (TPSA) is 102 Å². The summed E-state index contributed by atoms with van der Waals surface area (Å²) in [5.74, 6) is 0.0718. The standard InChI is InChI=1S/C22H23F4N3O4/c1-2-15(10-18(27)30)28-19(31)17-4-3-9-29(17)20(32)21(11-14(23)12-21)13-5-7-16(8-6-13)33-22(24,25)26/h1,5-8,14-15,17H,3-4,9-12H2,(H2,27,30)(H,28,31)/t14?,15-,17+,21?/m1/s1. The number of ether oxygens (including phenoxy) is 1. The third-order valence-corrected chi connectivity index (χ3v) is 5.93. The van der Waals surface area contributed by atoms with Crippen LogP contribution >= 0.6 is 0 Å². The highest BCUT2D eigenvalue weighted by Crippen LogP contribution is 2.48. The molecule has 1 aromatic rings. The first-order valence-electron chi connectivity index (χ1n) is 10.3. The highest BCUT2D eigenvalue weighted by Gasteiger charge is 2.55. The van der Waals surface area contributed by atoms with Crippen molar-refractivity contribution in [3.05, 3.63) is 29.8 Å². The maximum absolute atomic E-state index is 14.0. The second-order valence-electron chi connectivity index (χ2n) is 8.21. The molecule has 3 amide bonds. The minimum atomic E-state index is -4.86. The lowest BCUT2D eigenvalue weighted by Gasteiger charge is -2.46. The second kappa shape index (κ2) is 9.29. The number of hydrogen-bond donors (Lipinski definition) is 2. The van der Waals surface area contributed by atoms with E-state index in [2.05, 4.69) is 16.0 Å². The van der Waals surface area contributed by atoms with Crippen LogP contribution in [0.3, 0.4) is 0 Å². The normalized spacial score (nSPS) is 25.5. The molecule has 1 saturated heterocycles. The van der Waals surface area contributed by atoms with Gasteiger partial charge < -0.3 is 20.7 Å². The van der Waals surface area contributed by atoms with Gasteiger partial charge >= 0.3 is 6.36 Å². The van der Waals surface area contributed by atoms with Crippen LogP contribution in [0.25, 0.3) is 0 Å². The molecule has 2 atom stereocenters. The van der Waals surface area contributed by atoms with E-state index >= 15 is 0 Å². The molecule has 0 bridgehead atoms. The molecule has 0 unspecified atom stereocenters. The maximum atomic E-state index is 14.0. The van der Waals surface area contributed by atoms with Crippen molar-refractivity contribution in [1.29, 1.82) is 0 Å². The third-order valence-electron chi connectivity index (χ3n) is 5.93. The van der Waals surface area contributed by atoms with Crippen molar-refractivity contribution in [1.82, 2.24) is 10.2 Å². The predicted molar refractivity (Wildman–Crippen MR) is 108 cm³/mol. The Balaban J connectivity index is 1.79. The van der Waals surface area contributed by atoms with Crippen LogP contribution in [0.4, 0.5) is 17.6 Å². The molecule has 2 fully saturated rings. The summed E-state index contributed by atoms with van der Waals surface area (Å²) in [7, 11) is 0. The van der Waals surface area contributed by atoms with E-state index in [4.69, 9.17) is 12.2 Å². The first-order valence-corrected chi connectivity index (χ1v) is 10.3. The maximum Gasteiger partial charge on any atom is 0.573 e. The first kappa shape index (κ1) is 24.4. The average Bonchev–Trinajstić information content (AvgIpc) is 3.19. The van der Waals surface area contributed by atoms with Crippen LogP contribution in [0.5, 0.6) is 5.75 Å². The molecule has 1 aromatic carbocycles. The van der Waals surface area contributed by atoms with Crippen molar-refractivity contribution in [2.75, 3.05) is 6.54 Å². The lowest BCUT2D eigenvalue weighted by atomic mass is 9.62. The number of halogens is 4. The highest BCUT2D eigenvalue weighted by atomic mass is 19.4. The smallest absolute Gasteiger partial charge is 0.406 e. The summed E-state index contributed by atoms with van der Waals surface area (Å²) < 4.78 is 55.1. The van der Waals surface area contributed by atoms with Gasteiger partial charge in [0, 0.05) is 6.54 Å². The molecule has 1 aliphatic heterocycles. The molecule has 11 heteroatoms. The lowest BCUT2D eigenvalue weighted by Crippen LogP contribution is -2.58. The molecule has 178 valence electrons. The number of hydrogen-bond acceptors (Lipinski definition) is 4. The summed E-state index contributed by atoms with van der Waals surface area (Å²) in [6, 6.07) is 2.94. The fourth-order valence-electron chi connectivity index (χ4n) is 4.38. The zero-order valence-corrected chi connectivity index (χ0v) is 17.5. The van der Waals surface area contributed by atoms with Crippen LogP contribution < -0.4 is 15.8 Å². The van der Waals surface area contributed by atoms with Gasteiger partial charge in [-0.1, -0.05) is 18.1 Å². The van der Waals surface area contributed by atoms with Gasteiger partial charge in [-0.3, -0.25) is 14.4 Å². The number of nitrogens with one attached hydrogen (secondary N) is 1. The molecule has 33 heavy (non-hydrogen) atoms. The summed E-state index contributed by atoms with van der Waals surface area (Å²) in [5.41, 5.74) is 4.17. The predicted octanol–water partition coefficient (Wildman–Crippen LogP) is 1.94. The van der Waals surface area contributed by atoms with E-state index in [9.17, 15) is 31.9 Å². The number of terminal acetylenes is 1. The average molecular weight is 469 g/mol. The van der Waals surface area contributed by atoms with E-state index in [1.54, 1.807) is 0 Å².